The Labute approximate surface area is 496 Å². The van der Waals surface area contributed by atoms with Crippen molar-refractivity contribution in [2.75, 3.05) is 40.1 Å². The lowest BCUT2D eigenvalue weighted by molar-refractivity contribution is -0.317. The van der Waals surface area contributed by atoms with E-state index < -0.39 is 107 Å². The number of hydrogen-bond acceptors (Lipinski definition) is 14. The Morgan fingerprint density at radius 1 is 0.880 bits per heavy atom. The number of halogens is 1. The maximum atomic E-state index is 15.1. The van der Waals surface area contributed by atoms with Crippen molar-refractivity contribution in [3.8, 4) is 0 Å². The Morgan fingerprint density at radius 3 is 2.16 bits per heavy atom. The van der Waals surface area contributed by atoms with Crippen LogP contribution >= 0.6 is 11.6 Å². The van der Waals surface area contributed by atoms with Crippen LogP contribution in [-0.4, -0.2) is 174 Å². The number of nitrogens with zero attached hydrogens (tertiary/aromatic N) is 2. The summed E-state index contributed by atoms with van der Waals surface area (Å²) in [5, 5.41) is 48.4. The van der Waals surface area contributed by atoms with Crippen LogP contribution in [0.15, 0.2) is 78.9 Å². The molecule has 3 saturated heterocycles. The van der Waals surface area contributed by atoms with Gasteiger partial charge in [0.25, 0.3) is 0 Å². The molecule has 0 spiro atoms. The molecule has 0 radical (unpaired) electrons. The summed E-state index contributed by atoms with van der Waals surface area (Å²) in [5.41, 5.74) is -1.04. The molecule has 5 amide bonds. The van der Waals surface area contributed by atoms with Gasteiger partial charge in [0.15, 0.2) is 12.6 Å². The second-order valence-corrected chi connectivity index (χ2v) is 25.8. The largest absolute Gasteiger partial charge is 0.387 e. The first-order valence-electron chi connectivity index (χ1n) is 29.1. The Bertz CT molecular complexity index is 2640. The lowest BCUT2D eigenvalue weighted by atomic mass is 9.77. The molecule has 0 aliphatic carbocycles. The zero-order valence-corrected chi connectivity index (χ0v) is 51.8. The quantitative estimate of drug-likeness (QED) is 0.0949. The van der Waals surface area contributed by atoms with Gasteiger partial charge in [0.2, 0.25) is 29.5 Å². The summed E-state index contributed by atoms with van der Waals surface area (Å²) in [4.78, 5) is 75.2. The number of aliphatic hydroxyl groups is 3. The van der Waals surface area contributed by atoms with E-state index >= 15 is 4.79 Å². The van der Waals surface area contributed by atoms with Crippen molar-refractivity contribution in [1.29, 1.82) is 0 Å². The number of benzene rings is 3. The van der Waals surface area contributed by atoms with Crippen LogP contribution in [0.1, 0.15) is 112 Å². The average Bonchev–Trinajstić information content (AvgIpc) is 3.62. The van der Waals surface area contributed by atoms with Crippen LogP contribution in [0.3, 0.4) is 0 Å². The zero-order chi connectivity index (χ0) is 61.3. The number of carbonyl (C=O) groups excluding carboxylic acids is 5. The van der Waals surface area contributed by atoms with E-state index in [1.165, 1.54) is 7.11 Å². The average molecular weight is 1180 g/mol. The van der Waals surface area contributed by atoms with Crippen LogP contribution in [0.5, 0.6) is 0 Å². The van der Waals surface area contributed by atoms with Crippen LogP contribution in [0.4, 0.5) is 5.69 Å². The van der Waals surface area contributed by atoms with Gasteiger partial charge >= 0.3 is 0 Å². The lowest BCUT2D eigenvalue weighted by Crippen LogP contribution is -2.61. The monoisotopic (exact) mass is 1180 g/mol. The van der Waals surface area contributed by atoms with Crippen LogP contribution in [0.25, 0.3) is 0 Å². The Hall–Kier alpha value is -5.06. The normalized spacial score (nSPS) is 33.1. The van der Waals surface area contributed by atoms with Crippen molar-refractivity contribution in [2.24, 2.45) is 23.2 Å². The molecule has 3 heterocycles. The van der Waals surface area contributed by atoms with Crippen molar-refractivity contribution in [2.45, 2.75) is 199 Å². The van der Waals surface area contributed by atoms with Gasteiger partial charge in [-0.1, -0.05) is 114 Å². The van der Waals surface area contributed by atoms with E-state index in [4.69, 9.17) is 35.3 Å². The van der Waals surface area contributed by atoms with Gasteiger partial charge in [-0.05, 0) is 107 Å². The molecule has 3 aliphatic rings. The highest BCUT2D eigenvalue weighted by Crippen LogP contribution is 2.40. The van der Waals surface area contributed by atoms with Gasteiger partial charge < -0.3 is 70.1 Å². The third-order valence-electron chi connectivity index (χ3n) is 16.8. The summed E-state index contributed by atoms with van der Waals surface area (Å²) in [7, 11) is 6.90. The maximum Gasteiger partial charge on any atom is 0.247 e. The first-order valence-corrected chi connectivity index (χ1v) is 29.5. The molecule has 83 heavy (non-hydrogen) atoms. The standard InChI is InChI=1S/C63H93ClN6O13/c1-36-33-62(9,78)56(83-60-52(73)48(69(11)12)28-37(2)80-60)38(3)53(82-51-34-63(10,79-14)55(74)40(5)81-51)39(4)57(75)68-54(61(6,7)8)59(77)66-45(32-50(72)70(13)35-36)29-42-24-26-44(27-25-42)65-58(76)47(31-43-22-18-19-23-46(43)64)67-49(71)30-41-20-16-15-17-21-41/h15-27,36-40,45,47-48,51-56,60,73-74,78H,28-35H2,1-14H3,(H,65,76)(H,66,77)(H,67,71)(H,68,75)/t36-,37-,38+,39-,40+,45-,47+,48+,51+,52-,53+,54-,55+,56-,60+,62-,63-/m1/s1. The van der Waals surface area contributed by atoms with Gasteiger partial charge in [-0.2, -0.15) is 0 Å². The highest BCUT2D eigenvalue weighted by Gasteiger charge is 2.52. The molecule has 19 nitrogen and oxygen atoms in total. The van der Waals surface area contributed by atoms with Crippen LogP contribution < -0.4 is 21.3 Å². The van der Waals surface area contributed by atoms with Crippen molar-refractivity contribution in [3.63, 3.8) is 0 Å². The topological polar surface area (TPSA) is 247 Å². The molecule has 6 rings (SSSR count). The molecular formula is C63H93ClN6O13. The van der Waals surface area contributed by atoms with Gasteiger partial charge in [0.1, 0.15) is 24.3 Å². The smallest absolute Gasteiger partial charge is 0.247 e. The van der Waals surface area contributed by atoms with Crippen LogP contribution in [-0.2, 0) is 66.9 Å². The summed E-state index contributed by atoms with van der Waals surface area (Å²) < 4.78 is 32.2. The van der Waals surface area contributed by atoms with E-state index in [0.717, 1.165) is 11.1 Å². The summed E-state index contributed by atoms with van der Waals surface area (Å²) >= 11 is 6.52. The Morgan fingerprint density at radius 2 is 1.53 bits per heavy atom. The minimum absolute atomic E-state index is 0.0734. The fourth-order valence-corrected chi connectivity index (χ4v) is 12.2. The summed E-state index contributed by atoms with van der Waals surface area (Å²) in [6.45, 7) is 18.0. The Kier molecular flexibility index (Phi) is 23.3. The highest BCUT2D eigenvalue weighted by molar-refractivity contribution is 6.31. The second kappa shape index (κ2) is 28.9. The molecule has 20 heteroatoms. The molecular weight excluding hydrogens is 1080 g/mol. The molecule has 3 aromatic rings. The molecule has 17 atom stereocenters. The van der Waals surface area contributed by atoms with Gasteiger partial charge in [-0.25, -0.2) is 0 Å². The summed E-state index contributed by atoms with van der Waals surface area (Å²) in [6, 6.07) is 20.1. The van der Waals surface area contributed by atoms with Crippen LogP contribution in [0, 0.1) is 23.2 Å². The van der Waals surface area contributed by atoms with Gasteiger partial charge in [-0.15, -0.1) is 0 Å². The summed E-state index contributed by atoms with van der Waals surface area (Å²) in [5.74, 6) is -4.43. The number of carbonyl (C=O) groups is 5. The number of methoxy groups -OCH3 is 1. The maximum absolute atomic E-state index is 15.1. The molecule has 7 N–H and O–H groups in total. The van der Waals surface area contributed by atoms with E-state index in [1.807, 2.05) is 90.0 Å². The number of amides is 5. The number of nitrogens with one attached hydrogen (secondary N) is 4. The van der Waals surface area contributed by atoms with E-state index in [-0.39, 0.29) is 74.9 Å². The lowest BCUT2D eigenvalue weighted by Gasteiger charge is -2.49. The minimum Gasteiger partial charge on any atom is -0.387 e. The fourth-order valence-electron chi connectivity index (χ4n) is 12.0. The molecule has 0 bridgehead atoms. The number of ether oxygens (including phenoxy) is 5. The molecule has 460 valence electrons. The fraction of sp³-hybridized carbons (Fsp3) is 0.635. The molecule has 3 aromatic carbocycles. The minimum atomic E-state index is -1.71. The number of hydrogen-bond donors (Lipinski definition) is 7. The van der Waals surface area contributed by atoms with Crippen LogP contribution in [0.2, 0.25) is 5.02 Å². The zero-order valence-electron chi connectivity index (χ0n) is 51.0. The summed E-state index contributed by atoms with van der Waals surface area (Å²) in [6.07, 6.45) is -6.78. The van der Waals surface area contributed by atoms with Gasteiger partial charge in [0.05, 0.1) is 48.0 Å². The SMILES string of the molecule is CO[C@]1(C)C[C@H](O[C@H]2[C@H](C)[C@@H](O[C@@H]3O[C@H](C)C[C@H](N(C)C)[C@H]3O)[C@](C)(O)C[C@@H](C)CN(C)C(=O)C[C@@H](Cc3ccc(NC(=O)[C@H](Cc4ccccc4Cl)NC(=O)Cc4ccccc4)cc3)NC(=O)[C@H](C(C)(C)C)NC(=O)[C@@H]2C)O[C@@H](C)[C@@H]1O. The van der Waals surface area contributed by atoms with E-state index in [1.54, 1.807) is 89.0 Å². The number of likely N-dealkylation sites (N-methyl/N-ethyl adjacent to an activating group) is 1. The molecule has 3 aliphatic heterocycles. The number of rotatable bonds is 15. The van der Waals surface area contributed by atoms with Crippen molar-refractivity contribution in [3.05, 3.63) is 101 Å². The van der Waals surface area contributed by atoms with Crippen molar-refractivity contribution >= 4 is 46.8 Å². The third kappa shape index (κ3) is 18.0. The highest BCUT2D eigenvalue weighted by atomic mass is 35.5. The first-order chi connectivity index (χ1) is 38.9. The van der Waals surface area contributed by atoms with Crippen molar-refractivity contribution < 1.29 is 63.0 Å². The molecule has 0 saturated carbocycles. The van der Waals surface area contributed by atoms with E-state index in [0.29, 0.717) is 22.7 Å². The molecule has 0 aromatic heterocycles. The molecule has 0 unspecified atom stereocenters. The van der Waals surface area contributed by atoms with Crippen molar-refractivity contribution in [1.82, 2.24) is 25.8 Å². The van der Waals surface area contributed by atoms with E-state index in [2.05, 4.69) is 21.3 Å². The van der Waals surface area contributed by atoms with Gasteiger partial charge in [-0.3, -0.25) is 24.0 Å². The Balaban J connectivity index is 1.31. The first kappa shape index (κ1) is 67.1. The number of aliphatic hydroxyl groups excluding tert-OH is 2. The predicted molar refractivity (Wildman–Crippen MR) is 317 cm³/mol. The van der Waals surface area contributed by atoms with E-state index in [9.17, 15) is 34.5 Å². The second-order valence-electron chi connectivity index (χ2n) is 25.4. The predicted octanol–water partition coefficient (Wildman–Crippen LogP) is 5.82. The van der Waals surface area contributed by atoms with Gasteiger partial charge in [0, 0.05) is 68.7 Å². The third-order valence-corrected chi connectivity index (χ3v) is 17.1. The number of anilines is 1. The molecule has 3 fully saturated rings.